The van der Waals surface area contributed by atoms with Gasteiger partial charge in [0.2, 0.25) is 5.91 Å². The predicted octanol–water partition coefficient (Wildman–Crippen LogP) is 1.38. The number of likely N-dealkylation sites (tertiary alicyclic amines) is 1. The molecule has 0 radical (unpaired) electrons. The van der Waals surface area contributed by atoms with Gasteiger partial charge in [0, 0.05) is 32.6 Å². The van der Waals surface area contributed by atoms with Gasteiger partial charge in [-0.1, -0.05) is 19.1 Å². The number of benzene rings is 1. The molecule has 1 aromatic carbocycles. The zero-order valence-electron chi connectivity index (χ0n) is 18.2. The first-order chi connectivity index (χ1) is 14.5. The zero-order chi connectivity index (χ0) is 21.5. The molecule has 2 N–H and O–H groups in total. The summed E-state index contributed by atoms with van der Waals surface area (Å²) in [5, 5.41) is 15.1. The number of nitrogens with one attached hydrogen (secondary N) is 2. The van der Waals surface area contributed by atoms with Crippen LogP contribution in [0.5, 0.6) is 5.75 Å². The molecule has 1 aliphatic rings. The van der Waals surface area contributed by atoms with Crippen molar-refractivity contribution in [2.45, 2.75) is 45.8 Å². The minimum atomic E-state index is 0.170. The van der Waals surface area contributed by atoms with Gasteiger partial charge >= 0.3 is 0 Å². The monoisotopic (exact) mass is 413 g/mol. The van der Waals surface area contributed by atoms with Gasteiger partial charge in [-0.3, -0.25) is 4.79 Å². The second-order valence-electron chi connectivity index (χ2n) is 7.41. The van der Waals surface area contributed by atoms with E-state index in [0.717, 1.165) is 35.9 Å². The number of amides is 1. The number of methoxy groups -OCH3 is 1. The van der Waals surface area contributed by atoms with Crippen molar-refractivity contribution in [3.05, 3.63) is 41.5 Å². The Morgan fingerprint density at radius 2 is 2.07 bits per heavy atom. The summed E-state index contributed by atoms with van der Waals surface area (Å²) >= 11 is 0. The zero-order valence-corrected chi connectivity index (χ0v) is 18.2. The van der Waals surface area contributed by atoms with Crippen molar-refractivity contribution in [1.29, 1.82) is 0 Å². The fraction of sp³-hybridized carbons (Fsp3) is 0.524. The molecule has 1 unspecified atom stereocenters. The van der Waals surface area contributed by atoms with Gasteiger partial charge < -0.3 is 24.8 Å². The Hall–Kier alpha value is -3.10. The Morgan fingerprint density at radius 3 is 2.70 bits per heavy atom. The summed E-state index contributed by atoms with van der Waals surface area (Å²) in [7, 11) is 3.60. The van der Waals surface area contributed by atoms with Crippen LogP contribution in [0.25, 0.3) is 0 Å². The van der Waals surface area contributed by atoms with E-state index < -0.39 is 0 Å². The average molecular weight is 414 g/mol. The van der Waals surface area contributed by atoms with Gasteiger partial charge in [-0.2, -0.15) is 0 Å². The Balaban J connectivity index is 1.67. The molecule has 2 heterocycles. The van der Waals surface area contributed by atoms with E-state index in [1.54, 1.807) is 7.11 Å². The van der Waals surface area contributed by atoms with Crippen molar-refractivity contribution in [2.75, 3.05) is 20.2 Å². The molecule has 1 amide bonds. The number of nitrogens with zero attached hydrogens (tertiary/aromatic N) is 5. The van der Waals surface area contributed by atoms with Gasteiger partial charge in [0.05, 0.1) is 20.2 Å². The summed E-state index contributed by atoms with van der Waals surface area (Å²) in [6.07, 6.45) is 1.44. The number of carbonyl (C=O) groups excluding carboxylic acids is 1. The molecule has 1 fully saturated rings. The minimum absolute atomic E-state index is 0.170. The SMILES string of the molecule is CCC(=O)N1CCC(NC(=NCc2ccc(OC)cc2)NCc2nnc(C)n2C)C1. The molecule has 1 atom stereocenters. The topological polar surface area (TPSA) is 96.7 Å². The average Bonchev–Trinajstić information content (AvgIpc) is 3.37. The number of hydrogen-bond acceptors (Lipinski definition) is 5. The molecule has 2 aromatic rings. The summed E-state index contributed by atoms with van der Waals surface area (Å²) < 4.78 is 7.16. The number of rotatable bonds is 7. The first-order valence-corrected chi connectivity index (χ1v) is 10.3. The van der Waals surface area contributed by atoms with Crippen LogP contribution in [0, 0.1) is 6.92 Å². The van der Waals surface area contributed by atoms with Crippen LogP contribution < -0.4 is 15.4 Å². The molecule has 1 aromatic heterocycles. The quantitative estimate of drug-likeness (QED) is 0.526. The van der Waals surface area contributed by atoms with Crippen LogP contribution in [0.2, 0.25) is 0 Å². The second kappa shape index (κ2) is 10.1. The van der Waals surface area contributed by atoms with Crippen LogP contribution in [0.3, 0.4) is 0 Å². The maximum absolute atomic E-state index is 12.0. The van der Waals surface area contributed by atoms with E-state index >= 15 is 0 Å². The first-order valence-electron chi connectivity index (χ1n) is 10.3. The highest BCUT2D eigenvalue weighted by Gasteiger charge is 2.26. The normalized spacial score (nSPS) is 16.6. The van der Waals surface area contributed by atoms with Gasteiger partial charge in [-0.25, -0.2) is 4.99 Å². The van der Waals surface area contributed by atoms with Gasteiger partial charge in [0.25, 0.3) is 0 Å². The van der Waals surface area contributed by atoms with E-state index in [1.165, 1.54) is 0 Å². The van der Waals surface area contributed by atoms with Crippen LogP contribution in [0.4, 0.5) is 0 Å². The van der Waals surface area contributed by atoms with Crippen molar-refractivity contribution in [1.82, 2.24) is 30.3 Å². The maximum Gasteiger partial charge on any atom is 0.222 e. The largest absolute Gasteiger partial charge is 0.497 e. The summed E-state index contributed by atoms with van der Waals surface area (Å²) in [6.45, 7) is 6.33. The Morgan fingerprint density at radius 1 is 1.30 bits per heavy atom. The van der Waals surface area contributed by atoms with Crippen molar-refractivity contribution in [3.8, 4) is 5.75 Å². The lowest BCUT2D eigenvalue weighted by atomic mass is 10.2. The third kappa shape index (κ3) is 5.49. The van der Waals surface area contributed by atoms with Gasteiger partial charge in [-0.15, -0.1) is 10.2 Å². The third-order valence-corrected chi connectivity index (χ3v) is 5.36. The highest BCUT2D eigenvalue weighted by molar-refractivity contribution is 5.80. The van der Waals surface area contributed by atoms with Crippen molar-refractivity contribution in [3.63, 3.8) is 0 Å². The number of hydrogen-bond donors (Lipinski definition) is 2. The smallest absolute Gasteiger partial charge is 0.222 e. The fourth-order valence-electron chi connectivity index (χ4n) is 3.34. The summed E-state index contributed by atoms with van der Waals surface area (Å²) in [5.41, 5.74) is 1.08. The van der Waals surface area contributed by atoms with Crippen molar-refractivity contribution in [2.24, 2.45) is 12.0 Å². The summed E-state index contributed by atoms with van der Waals surface area (Å²) in [6, 6.07) is 8.04. The lowest BCUT2D eigenvalue weighted by Gasteiger charge is -2.19. The molecule has 0 bridgehead atoms. The molecule has 3 rings (SSSR count). The molecule has 9 heteroatoms. The van der Waals surface area contributed by atoms with Crippen LogP contribution in [-0.2, 0) is 24.9 Å². The molecule has 1 aliphatic heterocycles. The van der Waals surface area contributed by atoms with Crippen LogP contribution in [-0.4, -0.2) is 57.8 Å². The van der Waals surface area contributed by atoms with E-state index in [4.69, 9.17) is 9.73 Å². The Kier molecular flexibility index (Phi) is 7.26. The third-order valence-electron chi connectivity index (χ3n) is 5.36. The highest BCUT2D eigenvalue weighted by Crippen LogP contribution is 2.13. The van der Waals surface area contributed by atoms with Crippen LogP contribution in [0.15, 0.2) is 29.3 Å². The maximum atomic E-state index is 12.0. The molecule has 9 nitrogen and oxygen atoms in total. The number of aromatic nitrogens is 3. The molecule has 0 aliphatic carbocycles. The lowest BCUT2D eigenvalue weighted by Crippen LogP contribution is -2.45. The van der Waals surface area contributed by atoms with E-state index in [0.29, 0.717) is 32.0 Å². The number of guanidine groups is 1. The van der Waals surface area contributed by atoms with Crippen molar-refractivity contribution < 1.29 is 9.53 Å². The molecule has 30 heavy (non-hydrogen) atoms. The predicted molar refractivity (Wildman–Crippen MR) is 115 cm³/mol. The van der Waals surface area contributed by atoms with Gasteiger partial charge in [0.15, 0.2) is 11.8 Å². The summed E-state index contributed by atoms with van der Waals surface area (Å²) in [4.78, 5) is 18.6. The van der Waals surface area contributed by atoms with E-state index in [1.807, 2.05) is 54.6 Å². The Bertz CT molecular complexity index is 876. The molecule has 0 spiro atoms. The fourth-order valence-corrected chi connectivity index (χ4v) is 3.34. The number of carbonyl (C=O) groups is 1. The van der Waals surface area contributed by atoms with E-state index in [9.17, 15) is 4.79 Å². The highest BCUT2D eigenvalue weighted by atomic mass is 16.5. The first kappa shape index (κ1) is 21.6. The molecule has 0 saturated carbocycles. The number of aryl methyl sites for hydroxylation is 1. The minimum Gasteiger partial charge on any atom is -0.497 e. The second-order valence-corrected chi connectivity index (χ2v) is 7.41. The molecule has 1 saturated heterocycles. The van der Waals surface area contributed by atoms with Crippen LogP contribution in [0.1, 0.15) is 37.0 Å². The molecular weight excluding hydrogens is 382 g/mol. The molecular formula is C21H31N7O2. The van der Waals surface area contributed by atoms with E-state index in [2.05, 4.69) is 20.8 Å². The lowest BCUT2D eigenvalue weighted by molar-refractivity contribution is -0.129. The summed E-state index contributed by atoms with van der Waals surface area (Å²) in [5.74, 6) is 3.41. The van der Waals surface area contributed by atoms with Gasteiger partial charge in [-0.05, 0) is 31.0 Å². The Labute approximate surface area is 177 Å². The number of aliphatic imine (C=N–C) groups is 1. The van der Waals surface area contributed by atoms with E-state index in [-0.39, 0.29) is 11.9 Å². The standard InChI is InChI=1S/C21H31N7O2/c1-5-20(29)28-11-10-17(14-28)24-21(23-13-19-26-25-15(2)27(19)3)22-12-16-6-8-18(30-4)9-7-16/h6-9,17H,5,10-14H2,1-4H3,(H2,22,23,24). The van der Waals surface area contributed by atoms with Gasteiger partial charge in [0.1, 0.15) is 11.6 Å². The molecule has 162 valence electrons. The van der Waals surface area contributed by atoms with Crippen molar-refractivity contribution >= 4 is 11.9 Å². The number of ether oxygens (including phenoxy) is 1. The van der Waals surface area contributed by atoms with Crippen LogP contribution >= 0.6 is 0 Å².